The normalized spacial score (nSPS) is 11.3. The highest BCUT2D eigenvalue weighted by atomic mass is 32.2. The van der Waals surface area contributed by atoms with Crippen LogP contribution in [0.1, 0.15) is 24.2 Å². The molecule has 0 aliphatic heterocycles. The van der Waals surface area contributed by atoms with Crippen molar-refractivity contribution in [2.45, 2.75) is 18.7 Å². The van der Waals surface area contributed by atoms with Crippen LogP contribution >= 0.6 is 0 Å². The summed E-state index contributed by atoms with van der Waals surface area (Å²) >= 11 is 0. The second-order valence-corrected chi connectivity index (χ2v) is 7.65. The van der Waals surface area contributed by atoms with E-state index in [0.29, 0.717) is 18.8 Å². The number of nitrogens with one attached hydrogen (secondary N) is 1. The van der Waals surface area contributed by atoms with E-state index in [-0.39, 0.29) is 21.9 Å². The third-order valence-corrected chi connectivity index (χ3v) is 6.16. The lowest BCUT2D eigenvalue weighted by Crippen LogP contribution is -2.30. The molecule has 2 aromatic rings. The van der Waals surface area contributed by atoms with E-state index in [1.54, 1.807) is 13.8 Å². The molecule has 2 aromatic carbocycles. The van der Waals surface area contributed by atoms with E-state index in [4.69, 9.17) is 4.74 Å². The smallest absolute Gasteiger partial charge is 0.270 e. The molecule has 0 aliphatic rings. The molecule has 0 saturated heterocycles. The van der Waals surface area contributed by atoms with Crippen molar-refractivity contribution in [1.29, 1.82) is 0 Å². The molecule has 150 valence electrons. The number of benzene rings is 2. The summed E-state index contributed by atoms with van der Waals surface area (Å²) in [6, 6.07) is 9.40. The number of hydrogen-bond acceptors (Lipinski definition) is 6. The number of sulfonamides is 1. The summed E-state index contributed by atoms with van der Waals surface area (Å²) in [4.78, 5) is 23.0. The molecular formula is C18H21N3O6S. The number of nitro benzene ring substituents is 1. The number of non-ortho nitro benzene ring substituents is 1. The Hall–Kier alpha value is -2.98. The molecule has 0 spiro atoms. The predicted octanol–water partition coefficient (Wildman–Crippen LogP) is 2.89. The summed E-state index contributed by atoms with van der Waals surface area (Å²) in [5, 5.41) is 13.5. The minimum atomic E-state index is -3.60. The Morgan fingerprint density at radius 3 is 2.25 bits per heavy atom. The van der Waals surface area contributed by atoms with Crippen LogP contribution in [0, 0.1) is 10.1 Å². The van der Waals surface area contributed by atoms with Crippen LogP contribution in [0.3, 0.4) is 0 Å². The molecular weight excluding hydrogens is 386 g/mol. The molecule has 0 atom stereocenters. The van der Waals surface area contributed by atoms with E-state index >= 15 is 0 Å². The summed E-state index contributed by atoms with van der Waals surface area (Å²) in [5.41, 5.74) is 0.0974. The van der Waals surface area contributed by atoms with E-state index in [2.05, 4.69) is 5.32 Å². The SMILES string of the molecule is CCN(CC)S(=O)(=O)c1ccc(NC(=O)c2cc([N+](=O)[O-])ccc2OC)cc1. The van der Waals surface area contributed by atoms with E-state index in [9.17, 15) is 23.3 Å². The summed E-state index contributed by atoms with van der Waals surface area (Å²) in [5.74, 6) is -0.427. The van der Waals surface area contributed by atoms with Crippen LogP contribution in [0.2, 0.25) is 0 Å². The van der Waals surface area contributed by atoms with Gasteiger partial charge in [0.25, 0.3) is 11.6 Å². The average molecular weight is 407 g/mol. The van der Waals surface area contributed by atoms with Crippen molar-refractivity contribution in [2.75, 3.05) is 25.5 Å². The van der Waals surface area contributed by atoms with Crippen LogP contribution in [0.15, 0.2) is 47.4 Å². The van der Waals surface area contributed by atoms with Gasteiger partial charge in [0.15, 0.2) is 0 Å². The van der Waals surface area contributed by atoms with Gasteiger partial charge in [0.05, 0.1) is 22.5 Å². The lowest BCUT2D eigenvalue weighted by molar-refractivity contribution is -0.384. The Morgan fingerprint density at radius 2 is 1.75 bits per heavy atom. The third kappa shape index (κ3) is 4.46. The van der Waals surface area contributed by atoms with E-state index in [1.807, 2.05) is 0 Å². The molecule has 2 rings (SSSR count). The maximum absolute atomic E-state index is 12.5. The monoisotopic (exact) mass is 407 g/mol. The summed E-state index contributed by atoms with van der Waals surface area (Å²) in [6.07, 6.45) is 0. The van der Waals surface area contributed by atoms with Crippen molar-refractivity contribution in [3.05, 3.63) is 58.1 Å². The highest BCUT2D eigenvalue weighted by molar-refractivity contribution is 7.89. The highest BCUT2D eigenvalue weighted by Crippen LogP contribution is 2.25. The number of nitro groups is 1. The second-order valence-electron chi connectivity index (χ2n) is 5.71. The number of carbonyl (C=O) groups is 1. The predicted molar refractivity (Wildman–Crippen MR) is 104 cm³/mol. The van der Waals surface area contributed by atoms with Crippen molar-refractivity contribution in [3.8, 4) is 5.75 Å². The number of nitrogens with zero attached hydrogens (tertiary/aromatic N) is 2. The lowest BCUT2D eigenvalue weighted by Gasteiger charge is -2.18. The van der Waals surface area contributed by atoms with Gasteiger partial charge in [-0.25, -0.2) is 8.42 Å². The number of hydrogen-bond donors (Lipinski definition) is 1. The zero-order valence-electron chi connectivity index (χ0n) is 15.7. The maximum atomic E-state index is 12.5. The zero-order chi connectivity index (χ0) is 20.9. The largest absolute Gasteiger partial charge is 0.496 e. The van der Waals surface area contributed by atoms with Gasteiger partial charge in [-0.15, -0.1) is 0 Å². The molecule has 1 amide bonds. The molecule has 9 nitrogen and oxygen atoms in total. The number of rotatable bonds is 8. The molecule has 0 aromatic heterocycles. The van der Waals surface area contributed by atoms with Crippen molar-refractivity contribution in [1.82, 2.24) is 4.31 Å². The van der Waals surface area contributed by atoms with Crippen LogP contribution in [0.4, 0.5) is 11.4 Å². The van der Waals surface area contributed by atoms with Gasteiger partial charge in [0.1, 0.15) is 5.75 Å². The Balaban J connectivity index is 2.26. The zero-order valence-corrected chi connectivity index (χ0v) is 16.5. The molecule has 0 bridgehead atoms. The summed E-state index contributed by atoms with van der Waals surface area (Å²) < 4.78 is 31.4. The van der Waals surface area contributed by atoms with Crippen LogP contribution in [-0.4, -0.2) is 43.8 Å². The van der Waals surface area contributed by atoms with Gasteiger partial charge in [0, 0.05) is 30.9 Å². The summed E-state index contributed by atoms with van der Waals surface area (Å²) in [6.45, 7) is 4.21. The van der Waals surface area contributed by atoms with Gasteiger partial charge in [-0.3, -0.25) is 14.9 Å². The number of methoxy groups -OCH3 is 1. The Bertz CT molecular complexity index is 969. The molecule has 0 fully saturated rings. The minimum absolute atomic E-state index is 0.00320. The van der Waals surface area contributed by atoms with E-state index in [0.717, 1.165) is 6.07 Å². The number of anilines is 1. The fraction of sp³-hybridized carbons (Fsp3) is 0.278. The highest BCUT2D eigenvalue weighted by Gasteiger charge is 2.22. The van der Waals surface area contributed by atoms with E-state index < -0.39 is 20.9 Å². The van der Waals surface area contributed by atoms with Crippen LogP contribution < -0.4 is 10.1 Å². The molecule has 0 saturated carbocycles. The quantitative estimate of drug-likeness (QED) is 0.531. The molecule has 0 aliphatic carbocycles. The number of carbonyl (C=O) groups excluding carboxylic acids is 1. The van der Waals surface area contributed by atoms with Crippen LogP contribution in [-0.2, 0) is 10.0 Å². The first-order valence-electron chi connectivity index (χ1n) is 8.48. The molecule has 10 heteroatoms. The van der Waals surface area contributed by atoms with Gasteiger partial charge in [0.2, 0.25) is 10.0 Å². The Labute approximate surface area is 163 Å². The van der Waals surface area contributed by atoms with Crippen LogP contribution in [0.25, 0.3) is 0 Å². The van der Waals surface area contributed by atoms with Crippen molar-refractivity contribution in [2.24, 2.45) is 0 Å². The van der Waals surface area contributed by atoms with Gasteiger partial charge in [-0.2, -0.15) is 4.31 Å². The second kappa shape index (κ2) is 8.81. The fourth-order valence-corrected chi connectivity index (χ4v) is 4.07. The van der Waals surface area contributed by atoms with Gasteiger partial charge in [-0.05, 0) is 30.3 Å². The molecule has 0 radical (unpaired) electrons. The topological polar surface area (TPSA) is 119 Å². The van der Waals surface area contributed by atoms with Gasteiger partial charge < -0.3 is 10.1 Å². The Kier molecular flexibility index (Phi) is 6.71. The first-order chi connectivity index (χ1) is 13.2. The molecule has 0 heterocycles. The van der Waals surface area contributed by atoms with E-state index in [1.165, 1.54) is 47.8 Å². The van der Waals surface area contributed by atoms with Crippen LogP contribution in [0.5, 0.6) is 5.75 Å². The Morgan fingerprint density at radius 1 is 1.14 bits per heavy atom. The first-order valence-corrected chi connectivity index (χ1v) is 9.92. The summed E-state index contributed by atoms with van der Waals surface area (Å²) in [7, 11) is -2.25. The van der Waals surface area contributed by atoms with Crippen molar-refractivity contribution < 1.29 is 22.9 Å². The maximum Gasteiger partial charge on any atom is 0.270 e. The third-order valence-electron chi connectivity index (χ3n) is 4.09. The lowest BCUT2D eigenvalue weighted by atomic mass is 10.1. The van der Waals surface area contributed by atoms with Crippen molar-refractivity contribution in [3.63, 3.8) is 0 Å². The average Bonchev–Trinajstić information content (AvgIpc) is 2.68. The molecule has 0 unspecified atom stereocenters. The molecule has 28 heavy (non-hydrogen) atoms. The number of ether oxygens (including phenoxy) is 1. The minimum Gasteiger partial charge on any atom is -0.496 e. The fourth-order valence-electron chi connectivity index (χ4n) is 2.61. The van der Waals surface area contributed by atoms with Gasteiger partial charge in [-0.1, -0.05) is 13.8 Å². The van der Waals surface area contributed by atoms with Crippen molar-refractivity contribution >= 4 is 27.3 Å². The standard InChI is InChI=1S/C18H21N3O6S/c1-4-20(5-2)28(25,26)15-9-6-13(7-10-15)19-18(22)16-12-14(21(23)24)8-11-17(16)27-3/h6-12H,4-5H2,1-3H3,(H,19,22). The van der Waals surface area contributed by atoms with Gasteiger partial charge >= 0.3 is 0 Å². The molecule has 1 N–H and O–H groups in total. The first kappa shape index (κ1) is 21.3. The number of amides is 1.